The largest absolute Gasteiger partial charge is 0.356 e. The van der Waals surface area contributed by atoms with Gasteiger partial charge in [0.15, 0.2) is 5.11 Å². The molecule has 0 saturated heterocycles. The fourth-order valence-corrected chi connectivity index (χ4v) is 3.33. The minimum Gasteiger partial charge on any atom is -0.356 e. The van der Waals surface area contributed by atoms with Crippen molar-refractivity contribution in [1.82, 2.24) is 24.9 Å². The number of benzene rings is 1. The van der Waals surface area contributed by atoms with E-state index in [0.717, 1.165) is 30.0 Å². The Bertz CT molecular complexity index is 926. The Morgan fingerprint density at radius 1 is 1.19 bits per heavy atom. The monoisotopic (exact) mass is 382 g/mol. The molecule has 0 aliphatic carbocycles. The van der Waals surface area contributed by atoms with Crippen molar-refractivity contribution in [2.75, 3.05) is 5.32 Å². The molecule has 3 rings (SSSR count). The molecule has 6 nitrogen and oxygen atoms in total. The lowest BCUT2D eigenvalue weighted by Gasteiger charge is -2.15. The van der Waals surface area contributed by atoms with Gasteiger partial charge in [-0.25, -0.2) is 0 Å². The summed E-state index contributed by atoms with van der Waals surface area (Å²) >= 11 is 5.46. The van der Waals surface area contributed by atoms with Crippen molar-refractivity contribution in [3.63, 3.8) is 0 Å². The van der Waals surface area contributed by atoms with E-state index in [1.54, 1.807) is 6.20 Å². The molecule has 2 N–H and O–H groups in total. The molecule has 0 spiro atoms. The highest BCUT2D eigenvalue weighted by molar-refractivity contribution is 7.80. The maximum Gasteiger partial charge on any atom is 0.171 e. The molecule has 2 heterocycles. The molecular weight excluding hydrogens is 356 g/mol. The van der Waals surface area contributed by atoms with Crippen molar-refractivity contribution >= 4 is 23.0 Å². The SMILES string of the molecule is CCn1cc(C(C)NC(=S)Nc2cnn(Cc3ccccc3C)c2)c(C)n1. The zero-order valence-electron chi connectivity index (χ0n) is 16.2. The van der Waals surface area contributed by atoms with Crippen LogP contribution in [0.5, 0.6) is 0 Å². The zero-order chi connectivity index (χ0) is 19.4. The number of nitrogens with zero attached hydrogens (tertiary/aromatic N) is 4. The molecule has 0 saturated carbocycles. The third-order valence-electron chi connectivity index (χ3n) is 4.61. The standard InChI is InChI=1S/C20H26N6S/c1-5-25-13-19(16(4)24-25)15(3)22-20(27)23-18-10-21-26(12-18)11-17-9-7-6-8-14(17)2/h6-10,12-13,15H,5,11H2,1-4H3,(H2,22,23,27). The van der Waals surface area contributed by atoms with Crippen LogP contribution in [0.1, 0.15) is 42.3 Å². The number of anilines is 1. The maximum absolute atomic E-state index is 5.46. The highest BCUT2D eigenvalue weighted by atomic mass is 32.1. The fourth-order valence-electron chi connectivity index (χ4n) is 3.04. The summed E-state index contributed by atoms with van der Waals surface area (Å²) in [5, 5.41) is 16.0. The van der Waals surface area contributed by atoms with Crippen molar-refractivity contribution in [2.45, 2.75) is 46.8 Å². The summed E-state index contributed by atoms with van der Waals surface area (Å²) in [5.74, 6) is 0. The molecule has 0 aliphatic rings. The van der Waals surface area contributed by atoms with Gasteiger partial charge >= 0.3 is 0 Å². The van der Waals surface area contributed by atoms with E-state index in [1.807, 2.05) is 34.6 Å². The molecule has 1 atom stereocenters. The van der Waals surface area contributed by atoms with Crippen LogP contribution >= 0.6 is 12.2 Å². The third-order valence-corrected chi connectivity index (χ3v) is 4.83. The maximum atomic E-state index is 5.46. The van der Waals surface area contributed by atoms with Crippen LogP contribution in [0, 0.1) is 13.8 Å². The summed E-state index contributed by atoms with van der Waals surface area (Å²) in [6.07, 6.45) is 5.82. The Kier molecular flexibility index (Phi) is 5.91. The third kappa shape index (κ3) is 4.74. The second kappa shape index (κ2) is 8.35. The van der Waals surface area contributed by atoms with E-state index in [4.69, 9.17) is 12.2 Å². The average molecular weight is 383 g/mol. The zero-order valence-corrected chi connectivity index (χ0v) is 17.0. The Morgan fingerprint density at radius 3 is 2.67 bits per heavy atom. The van der Waals surface area contributed by atoms with E-state index in [-0.39, 0.29) is 6.04 Å². The Morgan fingerprint density at radius 2 is 1.96 bits per heavy atom. The summed E-state index contributed by atoms with van der Waals surface area (Å²) in [5.41, 5.74) is 5.55. The lowest BCUT2D eigenvalue weighted by molar-refractivity contribution is 0.651. The highest BCUT2D eigenvalue weighted by Gasteiger charge is 2.13. The number of nitrogens with one attached hydrogen (secondary N) is 2. The molecule has 0 aliphatic heterocycles. The Labute approximate surface area is 165 Å². The molecule has 0 fully saturated rings. The molecule has 1 unspecified atom stereocenters. The first-order valence-electron chi connectivity index (χ1n) is 9.14. The topological polar surface area (TPSA) is 59.7 Å². The predicted octanol–water partition coefficient (Wildman–Crippen LogP) is 3.81. The highest BCUT2D eigenvalue weighted by Crippen LogP contribution is 2.17. The predicted molar refractivity (Wildman–Crippen MR) is 113 cm³/mol. The first kappa shape index (κ1) is 19.1. The van der Waals surface area contributed by atoms with Crippen molar-refractivity contribution in [1.29, 1.82) is 0 Å². The Balaban J connectivity index is 1.59. The molecule has 0 amide bonds. The fraction of sp³-hybridized carbons (Fsp3) is 0.350. The molecule has 7 heteroatoms. The van der Waals surface area contributed by atoms with E-state index < -0.39 is 0 Å². The number of aromatic nitrogens is 4. The minimum atomic E-state index is 0.0762. The van der Waals surface area contributed by atoms with Crippen LogP contribution in [-0.4, -0.2) is 24.7 Å². The lowest BCUT2D eigenvalue weighted by Crippen LogP contribution is -2.30. The van der Waals surface area contributed by atoms with Crippen LogP contribution in [-0.2, 0) is 13.1 Å². The number of hydrogen-bond donors (Lipinski definition) is 2. The van der Waals surface area contributed by atoms with E-state index in [0.29, 0.717) is 5.11 Å². The second-order valence-corrected chi connectivity index (χ2v) is 7.11. The number of rotatable bonds is 6. The van der Waals surface area contributed by atoms with Crippen molar-refractivity contribution in [3.8, 4) is 0 Å². The van der Waals surface area contributed by atoms with E-state index >= 15 is 0 Å². The van der Waals surface area contributed by atoms with E-state index in [9.17, 15) is 0 Å². The normalized spacial score (nSPS) is 12.0. The number of aryl methyl sites for hydroxylation is 3. The van der Waals surface area contributed by atoms with Gasteiger partial charge in [-0.3, -0.25) is 9.36 Å². The molecule has 1 aromatic carbocycles. The van der Waals surface area contributed by atoms with Crippen LogP contribution in [0.15, 0.2) is 42.9 Å². The van der Waals surface area contributed by atoms with Crippen molar-refractivity contribution in [3.05, 3.63) is 65.2 Å². The van der Waals surface area contributed by atoms with E-state index in [1.165, 1.54) is 11.1 Å². The van der Waals surface area contributed by atoms with Gasteiger partial charge in [0, 0.05) is 24.5 Å². The molecule has 142 valence electrons. The van der Waals surface area contributed by atoms with Gasteiger partial charge in [0.1, 0.15) is 0 Å². The molecule has 2 aromatic heterocycles. The van der Waals surface area contributed by atoms with Crippen LogP contribution in [0.25, 0.3) is 0 Å². The van der Waals surface area contributed by atoms with Crippen molar-refractivity contribution in [2.24, 2.45) is 0 Å². The quantitative estimate of drug-likeness (QED) is 0.635. The smallest absolute Gasteiger partial charge is 0.171 e. The first-order valence-corrected chi connectivity index (χ1v) is 9.55. The van der Waals surface area contributed by atoms with Crippen LogP contribution in [0.2, 0.25) is 0 Å². The second-order valence-electron chi connectivity index (χ2n) is 6.70. The Hall–Kier alpha value is -2.67. The van der Waals surface area contributed by atoms with Gasteiger partial charge in [0.2, 0.25) is 0 Å². The van der Waals surface area contributed by atoms with Gasteiger partial charge in [-0.15, -0.1) is 0 Å². The summed E-state index contributed by atoms with van der Waals surface area (Å²) in [4.78, 5) is 0. The van der Waals surface area contributed by atoms with Gasteiger partial charge in [-0.05, 0) is 51.0 Å². The molecule has 0 bridgehead atoms. The summed E-state index contributed by atoms with van der Waals surface area (Å²) in [6.45, 7) is 9.89. The van der Waals surface area contributed by atoms with Crippen LogP contribution in [0.4, 0.5) is 5.69 Å². The first-order chi connectivity index (χ1) is 13.0. The molecular formula is C20H26N6S. The van der Waals surface area contributed by atoms with Crippen LogP contribution in [0.3, 0.4) is 0 Å². The van der Waals surface area contributed by atoms with Gasteiger partial charge < -0.3 is 10.6 Å². The van der Waals surface area contributed by atoms with Gasteiger partial charge in [0.05, 0.1) is 30.2 Å². The molecule has 27 heavy (non-hydrogen) atoms. The summed E-state index contributed by atoms with van der Waals surface area (Å²) in [6, 6.07) is 8.41. The minimum absolute atomic E-state index is 0.0762. The molecule has 3 aromatic rings. The molecule has 0 radical (unpaired) electrons. The summed E-state index contributed by atoms with van der Waals surface area (Å²) < 4.78 is 3.85. The lowest BCUT2D eigenvalue weighted by atomic mass is 10.1. The summed E-state index contributed by atoms with van der Waals surface area (Å²) in [7, 11) is 0. The van der Waals surface area contributed by atoms with Gasteiger partial charge in [0.25, 0.3) is 0 Å². The van der Waals surface area contributed by atoms with Gasteiger partial charge in [-0.1, -0.05) is 24.3 Å². The van der Waals surface area contributed by atoms with Crippen LogP contribution < -0.4 is 10.6 Å². The van der Waals surface area contributed by atoms with E-state index in [2.05, 4.69) is 59.9 Å². The van der Waals surface area contributed by atoms with Crippen molar-refractivity contribution < 1.29 is 0 Å². The van der Waals surface area contributed by atoms with Gasteiger partial charge in [-0.2, -0.15) is 10.2 Å². The number of hydrogen-bond acceptors (Lipinski definition) is 3. The average Bonchev–Trinajstić information content (AvgIpc) is 3.23. The number of thiocarbonyl (C=S) groups is 1.